The quantitative estimate of drug-likeness (QED) is 0.656. The van der Waals surface area contributed by atoms with Gasteiger partial charge in [0.25, 0.3) is 0 Å². The van der Waals surface area contributed by atoms with Gasteiger partial charge in [-0.2, -0.15) is 0 Å². The maximum absolute atomic E-state index is 11.8. The summed E-state index contributed by atoms with van der Waals surface area (Å²) in [6, 6.07) is 6.30. The number of benzene rings is 1. The molecule has 0 bridgehead atoms. The highest BCUT2D eigenvalue weighted by atomic mass is 35.5. The van der Waals surface area contributed by atoms with Crippen molar-refractivity contribution in [3.05, 3.63) is 34.9 Å². The van der Waals surface area contributed by atoms with Gasteiger partial charge in [-0.1, -0.05) is 23.7 Å². The molecule has 106 valence electrons. The number of cyclic esters (lactones) is 1. The first-order chi connectivity index (χ1) is 9.54. The van der Waals surface area contributed by atoms with Crippen LogP contribution >= 0.6 is 11.6 Å². The summed E-state index contributed by atoms with van der Waals surface area (Å²) in [6.45, 7) is 0.306. The Morgan fingerprint density at radius 3 is 2.85 bits per heavy atom. The molecule has 1 unspecified atom stereocenters. The average molecular weight is 296 g/mol. The fourth-order valence-corrected chi connectivity index (χ4v) is 2.20. The zero-order valence-corrected chi connectivity index (χ0v) is 11.5. The Kier molecular flexibility index (Phi) is 4.74. The molecule has 1 aliphatic rings. The highest BCUT2D eigenvalue weighted by molar-refractivity contribution is 6.30. The molecule has 1 aromatic carbocycles. The van der Waals surface area contributed by atoms with E-state index in [2.05, 4.69) is 5.32 Å². The molecule has 1 amide bonds. The highest BCUT2D eigenvalue weighted by Crippen LogP contribution is 2.12. The van der Waals surface area contributed by atoms with Crippen LogP contribution in [0.4, 0.5) is 0 Å². The molecule has 1 aromatic rings. The lowest BCUT2D eigenvalue weighted by Crippen LogP contribution is -2.38. The Morgan fingerprint density at radius 2 is 2.20 bits per heavy atom. The average Bonchev–Trinajstić information content (AvgIpc) is 2.74. The summed E-state index contributed by atoms with van der Waals surface area (Å²) in [5, 5.41) is 3.05. The standard InChI is InChI=1S/C14H14ClNO4/c15-10-3-1-2-9(6-10)7-11(17)8-13(18)16-12-4-5-20-14(12)19/h1-3,6,12H,4-5,7-8H2,(H,16,18). The fraction of sp³-hybridized carbons (Fsp3) is 0.357. The van der Waals surface area contributed by atoms with Gasteiger partial charge in [0.2, 0.25) is 5.91 Å². The monoisotopic (exact) mass is 295 g/mol. The van der Waals surface area contributed by atoms with Crippen molar-refractivity contribution in [1.29, 1.82) is 0 Å². The van der Waals surface area contributed by atoms with E-state index in [1.165, 1.54) is 0 Å². The van der Waals surface area contributed by atoms with Crippen molar-refractivity contribution in [1.82, 2.24) is 5.32 Å². The number of carbonyl (C=O) groups is 3. The van der Waals surface area contributed by atoms with Gasteiger partial charge in [0.05, 0.1) is 13.0 Å². The normalized spacial score (nSPS) is 17.6. The van der Waals surface area contributed by atoms with Crippen LogP contribution in [0.5, 0.6) is 0 Å². The third kappa shape index (κ3) is 4.06. The zero-order chi connectivity index (χ0) is 14.5. The van der Waals surface area contributed by atoms with E-state index < -0.39 is 17.9 Å². The second kappa shape index (κ2) is 6.52. The molecule has 0 aliphatic carbocycles. The number of hydrogen-bond acceptors (Lipinski definition) is 4. The number of carbonyl (C=O) groups excluding carboxylic acids is 3. The van der Waals surface area contributed by atoms with Gasteiger partial charge in [-0.3, -0.25) is 9.59 Å². The number of rotatable bonds is 5. The van der Waals surface area contributed by atoms with Gasteiger partial charge in [-0.05, 0) is 17.7 Å². The Morgan fingerprint density at radius 1 is 1.40 bits per heavy atom. The molecule has 5 nitrogen and oxygen atoms in total. The Balaban J connectivity index is 1.82. The van der Waals surface area contributed by atoms with Crippen LogP contribution in [0, 0.1) is 0 Å². The van der Waals surface area contributed by atoms with Crippen LogP contribution in [0.3, 0.4) is 0 Å². The maximum Gasteiger partial charge on any atom is 0.328 e. The van der Waals surface area contributed by atoms with Crippen molar-refractivity contribution in [3.63, 3.8) is 0 Å². The van der Waals surface area contributed by atoms with Gasteiger partial charge in [0, 0.05) is 17.9 Å². The smallest absolute Gasteiger partial charge is 0.328 e. The fourth-order valence-electron chi connectivity index (χ4n) is 1.99. The molecular weight excluding hydrogens is 282 g/mol. The number of halogens is 1. The third-order valence-corrected chi connectivity index (χ3v) is 3.15. The summed E-state index contributed by atoms with van der Waals surface area (Å²) in [5.41, 5.74) is 0.760. The predicted molar refractivity (Wildman–Crippen MR) is 72.3 cm³/mol. The lowest BCUT2D eigenvalue weighted by atomic mass is 10.1. The summed E-state index contributed by atoms with van der Waals surface area (Å²) in [7, 11) is 0. The summed E-state index contributed by atoms with van der Waals surface area (Å²) >= 11 is 5.82. The molecule has 6 heteroatoms. The summed E-state index contributed by atoms with van der Waals surface area (Å²) in [5.74, 6) is -1.13. The van der Waals surface area contributed by atoms with E-state index in [1.807, 2.05) is 0 Å². The number of hydrogen-bond donors (Lipinski definition) is 1. The van der Waals surface area contributed by atoms with Crippen LogP contribution in [0.1, 0.15) is 18.4 Å². The third-order valence-electron chi connectivity index (χ3n) is 2.92. The highest BCUT2D eigenvalue weighted by Gasteiger charge is 2.28. The molecule has 1 fully saturated rings. The molecule has 2 rings (SSSR count). The van der Waals surface area contributed by atoms with Crippen molar-refractivity contribution in [2.24, 2.45) is 0 Å². The second-order valence-corrected chi connectivity index (χ2v) is 5.03. The van der Waals surface area contributed by atoms with Crippen LogP contribution in [-0.4, -0.2) is 30.3 Å². The van der Waals surface area contributed by atoms with Crippen LogP contribution in [0.15, 0.2) is 24.3 Å². The zero-order valence-electron chi connectivity index (χ0n) is 10.7. The minimum Gasteiger partial charge on any atom is -0.464 e. The molecule has 1 heterocycles. The van der Waals surface area contributed by atoms with E-state index in [0.717, 1.165) is 5.56 Å². The van der Waals surface area contributed by atoms with Gasteiger partial charge < -0.3 is 10.1 Å². The summed E-state index contributed by atoms with van der Waals surface area (Å²) < 4.78 is 4.73. The van der Waals surface area contributed by atoms with Crippen LogP contribution in [-0.2, 0) is 25.5 Å². The lowest BCUT2D eigenvalue weighted by Gasteiger charge is -2.08. The predicted octanol–water partition coefficient (Wildman–Crippen LogP) is 1.27. The van der Waals surface area contributed by atoms with Crippen LogP contribution in [0.25, 0.3) is 0 Å². The first kappa shape index (κ1) is 14.5. The van der Waals surface area contributed by atoms with E-state index in [1.54, 1.807) is 24.3 Å². The second-order valence-electron chi connectivity index (χ2n) is 4.60. The molecule has 1 saturated heterocycles. The van der Waals surface area contributed by atoms with E-state index in [4.69, 9.17) is 16.3 Å². The van der Waals surface area contributed by atoms with Gasteiger partial charge in [0.15, 0.2) is 0 Å². The number of ether oxygens (including phenoxy) is 1. The van der Waals surface area contributed by atoms with Crippen molar-refractivity contribution in [2.75, 3.05) is 6.61 Å². The first-order valence-corrected chi connectivity index (χ1v) is 6.64. The largest absolute Gasteiger partial charge is 0.464 e. The van der Waals surface area contributed by atoms with Gasteiger partial charge >= 0.3 is 5.97 Å². The minimum atomic E-state index is -0.624. The van der Waals surface area contributed by atoms with Crippen molar-refractivity contribution in [3.8, 4) is 0 Å². The van der Waals surface area contributed by atoms with Crippen molar-refractivity contribution >= 4 is 29.3 Å². The molecule has 0 saturated carbocycles. The van der Waals surface area contributed by atoms with Crippen molar-refractivity contribution in [2.45, 2.75) is 25.3 Å². The number of Topliss-reactive ketones (excluding diaryl/α,β-unsaturated/α-hetero) is 1. The van der Waals surface area contributed by atoms with E-state index in [9.17, 15) is 14.4 Å². The molecule has 1 N–H and O–H groups in total. The number of nitrogens with one attached hydrogen (secondary N) is 1. The van der Waals surface area contributed by atoms with Gasteiger partial charge in [0.1, 0.15) is 11.8 Å². The minimum absolute atomic E-state index is 0.142. The van der Waals surface area contributed by atoms with Crippen LogP contribution < -0.4 is 5.32 Å². The van der Waals surface area contributed by atoms with Crippen LogP contribution in [0.2, 0.25) is 5.02 Å². The van der Waals surface area contributed by atoms with Crippen molar-refractivity contribution < 1.29 is 19.1 Å². The lowest BCUT2D eigenvalue weighted by molar-refractivity contribution is -0.141. The Labute approximate surface area is 121 Å². The van der Waals surface area contributed by atoms with E-state index in [0.29, 0.717) is 18.1 Å². The molecule has 0 spiro atoms. The maximum atomic E-state index is 11.8. The first-order valence-electron chi connectivity index (χ1n) is 6.27. The number of ketones is 1. The number of esters is 1. The molecule has 0 aromatic heterocycles. The molecule has 0 radical (unpaired) electrons. The number of amides is 1. The molecule has 20 heavy (non-hydrogen) atoms. The SMILES string of the molecule is O=C(CC(=O)NC1CCOC1=O)Cc1cccc(Cl)c1. The topological polar surface area (TPSA) is 72.5 Å². The molecular formula is C14H14ClNO4. The summed E-state index contributed by atoms with van der Waals surface area (Å²) in [6.07, 6.45) is 0.340. The summed E-state index contributed by atoms with van der Waals surface area (Å²) in [4.78, 5) is 34.6. The van der Waals surface area contributed by atoms with E-state index >= 15 is 0 Å². The Bertz CT molecular complexity index is 544. The molecule has 1 aliphatic heterocycles. The molecule has 1 atom stereocenters. The Hall–Kier alpha value is -1.88. The van der Waals surface area contributed by atoms with Gasteiger partial charge in [-0.25, -0.2) is 4.79 Å². The van der Waals surface area contributed by atoms with E-state index in [-0.39, 0.29) is 18.6 Å². The van der Waals surface area contributed by atoms with Gasteiger partial charge in [-0.15, -0.1) is 0 Å².